The fraction of sp³-hybridized carbons (Fsp3) is 0.429. The van der Waals surface area contributed by atoms with E-state index in [4.69, 9.17) is 0 Å². The van der Waals surface area contributed by atoms with Gasteiger partial charge in [0.15, 0.2) is 0 Å². The summed E-state index contributed by atoms with van der Waals surface area (Å²) in [7, 11) is 0. The number of hydrogen-bond acceptors (Lipinski definition) is 4. The van der Waals surface area contributed by atoms with E-state index in [2.05, 4.69) is 57.9 Å². The lowest BCUT2D eigenvalue weighted by molar-refractivity contribution is 0.304. The molecule has 2 aliphatic carbocycles. The summed E-state index contributed by atoms with van der Waals surface area (Å²) in [5, 5.41) is 7.15. The zero-order valence-corrected chi connectivity index (χ0v) is 15.3. The van der Waals surface area contributed by atoms with Gasteiger partial charge >= 0.3 is 0 Å². The second-order valence-corrected chi connectivity index (χ2v) is 8.55. The van der Waals surface area contributed by atoms with Gasteiger partial charge in [0.25, 0.3) is 0 Å². The molecule has 2 aromatic heterocycles. The third-order valence-electron chi connectivity index (χ3n) is 6.25. The van der Waals surface area contributed by atoms with Gasteiger partial charge in [-0.3, -0.25) is 0 Å². The van der Waals surface area contributed by atoms with Crippen LogP contribution in [0.4, 0.5) is 5.82 Å². The van der Waals surface area contributed by atoms with Crippen LogP contribution >= 0.6 is 11.3 Å². The van der Waals surface area contributed by atoms with Gasteiger partial charge in [-0.15, -0.1) is 11.3 Å². The lowest BCUT2D eigenvalue weighted by Gasteiger charge is -2.29. The monoisotopic (exact) mass is 349 g/mol. The van der Waals surface area contributed by atoms with E-state index in [1.165, 1.54) is 42.2 Å². The van der Waals surface area contributed by atoms with Crippen molar-refractivity contribution in [3.8, 4) is 11.1 Å². The highest BCUT2D eigenvalue weighted by atomic mass is 32.1. The van der Waals surface area contributed by atoms with Gasteiger partial charge in [-0.1, -0.05) is 36.8 Å². The number of nitrogens with zero attached hydrogens (tertiary/aromatic N) is 2. The fourth-order valence-electron chi connectivity index (χ4n) is 5.04. The number of nitrogens with one attached hydrogen (secondary N) is 1. The molecule has 0 aliphatic heterocycles. The summed E-state index contributed by atoms with van der Waals surface area (Å²) >= 11 is 1.70. The first-order chi connectivity index (χ1) is 12.3. The molecule has 2 aliphatic rings. The van der Waals surface area contributed by atoms with Crippen LogP contribution in [0.25, 0.3) is 21.3 Å². The molecule has 2 bridgehead atoms. The number of anilines is 1. The Morgan fingerprint density at radius 3 is 2.76 bits per heavy atom. The predicted octanol–water partition coefficient (Wildman–Crippen LogP) is 5.59. The Bertz CT molecular complexity index is 889. The third kappa shape index (κ3) is 2.63. The first-order valence-corrected chi connectivity index (χ1v) is 10.2. The van der Waals surface area contributed by atoms with Crippen molar-refractivity contribution < 1.29 is 0 Å². The lowest BCUT2D eigenvalue weighted by atomic mass is 9.84. The summed E-state index contributed by atoms with van der Waals surface area (Å²) in [6.07, 6.45) is 7.41. The smallest absolute Gasteiger partial charge is 0.139 e. The summed E-state index contributed by atoms with van der Waals surface area (Å²) in [5.41, 5.74) is 2.48. The molecule has 4 atom stereocenters. The van der Waals surface area contributed by atoms with Gasteiger partial charge in [-0.05, 0) is 49.5 Å². The van der Waals surface area contributed by atoms with E-state index in [0.29, 0.717) is 6.04 Å². The molecule has 0 unspecified atom stereocenters. The Balaban J connectivity index is 1.50. The maximum atomic E-state index is 4.62. The van der Waals surface area contributed by atoms with Crippen LogP contribution in [0.1, 0.15) is 32.6 Å². The molecule has 3 aromatic rings. The zero-order chi connectivity index (χ0) is 16.8. The Kier molecular flexibility index (Phi) is 3.74. The highest BCUT2D eigenvalue weighted by Gasteiger charge is 2.41. The van der Waals surface area contributed by atoms with Crippen LogP contribution in [0.15, 0.2) is 42.0 Å². The van der Waals surface area contributed by atoms with Gasteiger partial charge in [0.05, 0.1) is 5.39 Å². The number of thiophene rings is 1. The third-order valence-corrected chi connectivity index (χ3v) is 7.14. The minimum absolute atomic E-state index is 0.469. The highest BCUT2D eigenvalue weighted by molar-refractivity contribution is 7.17. The van der Waals surface area contributed by atoms with Crippen molar-refractivity contribution in [2.45, 2.75) is 38.6 Å². The number of benzene rings is 1. The van der Waals surface area contributed by atoms with Crippen LogP contribution in [0.3, 0.4) is 0 Å². The van der Waals surface area contributed by atoms with Crippen molar-refractivity contribution in [3.05, 3.63) is 42.0 Å². The molecule has 25 heavy (non-hydrogen) atoms. The highest BCUT2D eigenvalue weighted by Crippen LogP contribution is 2.50. The quantitative estimate of drug-likeness (QED) is 0.667. The molecule has 2 fully saturated rings. The molecular formula is C21H23N3S. The van der Waals surface area contributed by atoms with Crippen LogP contribution in [0.5, 0.6) is 0 Å². The normalized spacial score (nSPS) is 26.2. The molecular weight excluding hydrogens is 326 g/mol. The first kappa shape index (κ1) is 15.3. The molecule has 0 amide bonds. The van der Waals surface area contributed by atoms with Gasteiger partial charge in [-0.2, -0.15) is 0 Å². The largest absolute Gasteiger partial charge is 0.367 e. The summed E-state index contributed by atoms with van der Waals surface area (Å²) in [6.45, 7) is 2.34. The van der Waals surface area contributed by atoms with E-state index in [-0.39, 0.29) is 0 Å². The van der Waals surface area contributed by atoms with E-state index in [0.717, 1.165) is 28.4 Å². The van der Waals surface area contributed by atoms with Crippen molar-refractivity contribution >= 4 is 27.4 Å². The predicted molar refractivity (Wildman–Crippen MR) is 105 cm³/mol. The Hall–Kier alpha value is -1.94. The molecule has 128 valence electrons. The zero-order valence-electron chi connectivity index (χ0n) is 14.5. The van der Waals surface area contributed by atoms with Crippen LogP contribution < -0.4 is 5.32 Å². The molecule has 4 heteroatoms. The average Bonchev–Trinajstić information content (AvgIpc) is 3.38. The standard InChI is InChI=1S/C21H23N3S/c1-13(17-10-14-7-8-16(17)9-14)24-20-19-18(15-5-3-2-4-6-15)11-25-21(19)23-12-22-20/h2-6,11-14,16-17H,7-10H2,1H3,(H,22,23,24)/t13-,14+,16-,17-/m0/s1. The number of fused-ring (bicyclic) bond motifs is 3. The lowest BCUT2D eigenvalue weighted by Crippen LogP contribution is -2.30. The fourth-order valence-corrected chi connectivity index (χ4v) is 5.96. The molecule has 3 nitrogen and oxygen atoms in total. The molecule has 2 saturated carbocycles. The van der Waals surface area contributed by atoms with E-state index >= 15 is 0 Å². The first-order valence-electron chi connectivity index (χ1n) is 9.33. The van der Waals surface area contributed by atoms with Crippen molar-refractivity contribution in [2.24, 2.45) is 17.8 Å². The van der Waals surface area contributed by atoms with E-state index < -0.39 is 0 Å². The van der Waals surface area contributed by atoms with Gasteiger partial charge in [0.1, 0.15) is 17.0 Å². The van der Waals surface area contributed by atoms with Gasteiger partial charge in [0.2, 0.25) is 0 Å². The Morgan fingerprint density at radius 1 is 1.12 bits per heavy atom. The summed E-state index contributed by atoms with van der Waals surface area (Å²) in [6, 6.07) is 11.0. The number of aromatic nitrogens is 2. The second-order valence-electron chi connectivity index (χ2n) is 7.69. The Morgan fingerprint density at radius 2 is 2.00 bits per heavy atom. The van der Waals surface area contributed by atoms with Gasteiger partial charge < -0.3 is 5.32 Å². The van der Waals surface area contributed by atoms with E-state index in [1.807, 2.05) is 0 Å². The number of hydrogen-bond donors (Lipinski definition) is 1. The summed E-state index contributed by atoms with van der Waals surface area (Å²) in [5.74, 6) is 3.69. The maximum Gasteiger partial charge on any atom is 0.139 e. The SMILES string of the molecule is C[C@H](Nc1ncnc2scc(-c3ccccc3)c12)[C@@H]1C[C@@H]2CC[C@H]1C2. The van der Waals surface area contributed by atoms with Crippen molar-refractivity contribution in [2.75, 3.05) is 5.32 Å². The summed E-state index contributed by atoms with van der Waals surface area (Å²) in [4.78, 5) is 10.2. The molecule has 0 radical (unpaired) electrons. The molecule has 2 heterocycles. The van der Waals surface area contributed by atoms with Gasteiger partial charge in [-0.25, -0.2) is 9.97 Å². The average molecular weight is 350 g/mol. The molecule has 1 N–H and O–H groups in total. The van der Waals surface area contributed by atoms with Crippen LogP contribution in [-0.2, 0) is 0 Å². The van der Waals surface area contributed by atoms with E-state index in [9.17, 15) is 0 Å². The minimum Gasteiger partial charge on any atom is -0.367 e. The molecule has 0 spiro atoms. The second kappa shape index (κ2) is 6.10. The van der Waals surface area contributed by atoms with Gasteiger partial charge in [0, 0.05) is 17.0 Å². The molecule has 0 saturated heterocycles. The number of rotatable bonds is 4. The maximum absolute atomic E-state index is 4.62. The van der Waals surface area contributed by atoms with Crippen LogP contribution in [0, 0.1) is 17.8 Å². The van der Waals surface area contributed by atoms with Crippen molar-refractivity contribution in [3.63, 3.8) is 0 Å². The van der Waals surface area contributed by atoms with Crippen LogP contribution in [-0.4, -0.2) is 16.0 Å². The summed E-state index contributed by atoms with van der Waals surface area (Å²) < 4.78 is 0. The van der Waals surface area contributed by atoms with Crippen LogP contribution in [0.2, 0.25) is 0 Å². The topological polar surface area (TPSA) is 37.8 Å². The minimum atomic E-state index is 0.469. The molecule has 1 aromatic carbocycles. The van der Waals surface area contributed by atoms with E-state index in [1.54, 1.807) is 17.7 Å². The molecule has 5 rings (SSSR count). The van der Waals surface area contributed by atoms with Crippen molar-refractivity contribution in [1.29, 1.82) is 0 Å². The Labute approximate surface area is 152 Å². The van der Waals surface area contributed by atoms with Crippen molar-refractivity contribution in [1.82, 2.24) is 9.97 Å².